The van der Waals surface area contributed by atoms with Gasteiger partial charge in [-0.3, -0.25) is 4.79 Å². The molecular weight excluding hydrogens is 242 g/mol. The van der Waals surface area contributed by atoms with E-state index in [0.717, 1.165) is 0 Å². The van der Waals surface area contributed by atoms with E-state index in [1.807, 2.05) is 19.0 Å². The van der Waals surface area contributed by atoms with E-state index >= 15 is 0 Å². The van der Waals surface area contributed by atoms with E-state index in [1.54, 1.807) is 4.90 Å². The lowest BCUT2D eigenvalue weighted by Crippen LogP contribution is -2.60. The molecule has 0 aromatic carbocycles. The van der Waals surface area contributed by atoms with E-state index in [9.17, 15) is 13.2 Å². The van der Waals surface area contributed by atoms with Gasteiger partial charge >= 0.3 is 0 Å². The number of piperazine rings is 1. The number of rotatable bonds is 2. The molecule has 0 aromatic rings. The molecule has 2 aliphatic rings. The molecule has 2 atom stereocenters. The van der Waals surface area contributed by atoms with E-state index in [1.165, 1.54) is 0 Å². The van der Waals surface area contributed by atoms with E-state index in [4.69, 9.17) is 0 Å². The minimum absolute atomic E-state index is 0.0172. The quantitative estimate of drug-likeness (QED) is 0.632. The first-order chi connectivity index (χ1) is 7.89. The number of carbonyl (C=O) groups excluding carboxylic acids is 1. The molecule has 6 nitrogen and oxygen atoms in total. The van der Waals surface area contributed by atoms with Crippen molar-refractivity contribution in [1.82, 2.24) is 15.1 Å². The fourth-order valence-corrected chi connectivity index (χ4v) is 4.49. The number of nitrogens with zero attached hydrogens (tertiary/aromatic N) is 2. The minimum atomic E-state index is -2.99. The summed E-state index contributed by atoms with van der Waals surface area (Å²) in [5, 5.41) is 3.19. The van der Waals surface area contributed by atoms with Crippen LogP contribution in [-0.2, 0) is 14.6 Å². The molecule has 7 heteroatoms. The van der Waals surface area contributed by atoms with Gasteiger partial charge in [0.15, 0.2) is 9.84 Å². The number of nitrogens with one attached hydrogen (secondary N) is 1. The molecule has 2 saturated heterocycles. The predicted octanol–water partition coefficient (Wildman–Crippen LogP) is -1.85. The number of hydrogen-bond acceptors (Lipinski definition) is 5. The SMILES string of the molecule is CN(C)CC(=O)N1CCN[C@@H]2CS(=O)(=O)C[C@H]21. The van der Waals surface area contributed by atoms with Crippen LogP contribution < -0.4 is 5.32 Å². The molecule has 2 fully saturated rings. The van der Waals surface area contributed by atoms with Crippen molar-refractivity contribution < 1.29 is 13.2 Å². The van der Waals surface area contributed by atoms with Gasteiger partial charge in [0.05, 0.1) is 24.1 Å². The number of hydrogen-bond donors (Lipinski definition) is 1. The summed E-state index contributed by atoms with van der Waals surface area (Å²) in [7, 11) is 0.679. The Labute approximate surface area is 102 Å². The lowest BCUT2D eigenvalue weighted by Gasteiger charge is -2.37. The molecule has 98 valence electrons. The third-order valence-electron chi connectivity index (χ3n) is 3.25. The summed E-state index contributed by atoms with van der Waals surface area (Å²) in [5.74, 6) is 0.274. The monoisotopic (exact) mass is 261 g/mol. The molecule has 2 heterocycles. The largest absolute Gasteiger partial charge is 0.335 e. The van der Waals surface area contributed by atoms with Crippen LogP contribution in [0, 0.1) is 0 Å². The Kier molecular flexibility index (Phi) is 3.42. The van der Waals surface area contributed by atoms with Crippen LogP contribution in [0.1, 0.15) is 0 Å². The fourth-order valence-electron chi connectivity index (χ4n) is 2.54. The standard InChI is InChI=1S/C10H19N3O3S/c1-12(2)5-10(14)13-4-3-11-8-6-17(15,16)7-9(8)13/h8-9,11H,3-7H2,1-2H3/t8-,9-/m1/s1. The number of carbonyl (C=O) groups is 1. The van der Waals surface area contributed by atoms with Crippen molar-refractivity contribution >= 4 is 15.7 Å². The highest BCUT2D eigenvalue weighted by atomic mass is 32.2. The van der Waals surface area contributed by atoms with Crippen molar-refractivity contribution in [2.45, 2.75) is 12.1 Å². The topological polar surface area (TPSA) is 69.7 Å². The second-order valence-electron chi connectivity index (χ2n) is 5.03. The Hall–Kier alpha value is -0.660. The molecule has 0 radical (unpaired) electrons. The van der Waals surface area contributed by atoms with Gasteiger partial charge < -0.3 is 15.1 Å². The second-order valence-corrected chi connectivity index (χ2v) is 7.18. The Morgan fingerprint density at radius 1 is 1.41 bits per heavy atom. The van der Waals surface area contributed by atoms with E-state index in [-0.39, 0.29) is 29.5 Å². The zero-order valence-electron chi connectivity index (χ0n) is 10.2. The summed E-state index contributed by atoms with van der Waals surface area (Å²) >= 11 is 0. The second kappa shape index (κ2) is 4.55. The molecule has 1 amide bonds. The van der Waals surface area contributed by atoms with Crippen LogP contribution in [-0.4, -0.2) is 81.4 Å². The van der Waals surface area contributed by atoms with Crippen LogP contribution in [0.25, 0.3) is 0 Å². The van der Waals surface area contributed by atoms with Gasteiger partial charge in [0, 0.05) is 19.1 Å². The van der Waals surface area contributed by atoms with Crippen LogP contribution in [0.4, 0.5) is 0 Å². The number of sulfone groups is 1. The predicted molar refractivity (Wildman–Crippen MR) is 64.5 cm³/mol. The molecule has 0 spiro atoms. The van der Waals surface area contributed by atoms with Gasteiger partial charge in [0.2, 0.25) is 5.91 Å². The Morgan fingerprint density at radius 2 is 2.12 bits per heavy atom. The molecule has 0 saturated carbocycles. The van der Waals surface area contributed by atoms with Crippen molar-refractivity contribution in [2.75, 3.05) is 45.2 Å². The Bertz CT molecular complexity index is 407. The average Bonchev–Trinajstić information content (AvgIpc) is 2.49. The van der Waals surface area contributed by atoms with Crippen molar-refractivity contribution in [3.63, 3.8) is 0 Å². The van der Waals surface area contributed by atoms with E-state index < -0.39 is 9.84 Å². The third-order valence-corrected chi connectivity index (χ3v) is 4.97. The number of fused-ring (bicyclic) bond motifs is 1. The molecule has 2 rings (SSSR count). The maximum absolute atomic E-state index is 12.0. The molecule has 1 N–H and O–H groups in total. The smallest absolute Gasteiger partial charge is 0.237 e. The first-order valence-corrected chi connectivity index (χ1v) is 7.59. The maximum atomic E-state index is 12.0. The summed E-state index contributed by atoms with van der Waals surface area (Å²) in [6.45, 7) is 1.61. The van der Waals surface area contributed by atoms with Crippen LogP contribution >= 0.6 is 0 Å². The molecule has 0 aliphatic carbocycles. The van der Waals surface area contributed by atoms with E-state index in [2.05, 4.69) is 5.32 Å². The number of amides is 1. The summed E-state index contributed by atoms with van der Waals surface area (Å²) in [6.07, 6.45) is 0. The Morgan fingerprint density at radius 3 is 2.76 bits per heavy atom. The average molecular weight is 261 g/mol. The van der Waals surface area contributed by atoms with Crippen molar-refractivity contribution in [2.24, 2.45) is 0 Å². The van der Waals surface area contributed by atoms with Gasteiger partial charge in [-0.2, -0.15) is 0 Å². The van der Waals surface area contributed by atoms with Crippen molar-refractivity contribution in [1.29, 1.82) is 0 Å². The molecule has 0 bridgehead atoms. The highest BCUT2D eigenvalue weighted by molar-refractivity contribution is 7.91. The van der Waals surface area contributed by atoms with Crippen LogP contribution in [0.3, 0.4) is 0 Å². The molecule has 0 aromatic heterocycles. The first-order valence-electron chi connectivity index (χ1n) is 5.77. The van der Waals surface area contributed by atoms with Crippen molar-refractivity contribution in [3.8, 4) is 0 Å². The van der Waals surface area contributed by atoms with Crippen molar-refractivity contribution in [3.05, 3.63) is 0 Å². The summed E-state index contributed by atoms with van der Waals surface area (Å²) in [5.41, 5.74) is 0. The lowest BCUT2D eigenvalue weighted by molar-refractivity contribution is -0.135. The summed E-state index contributed by atoms with van der Waals surface area (Å²) in [4.78, 5) is 15.6. The first kappa shape index (κ1) is 12.8. The highest BCUT2D eigenvalue weighted by Crippen LogP contribution is 2.21. The van der Waals surface area contributed by atoms with Gasteiger partial charge in [-0.05, 0) is 14.1 Å². The minimum Gasteiger partial charge on any atom is -0.335 e. The van der Waals surface area contributed by atoms with Crippen LogP contribution in [0.2, 0.25) is 0 Å². The van der Waals surface area contributed by atoms with Gasteiger partial charge in [-0.25, -0.2) is 8.42 Å². The molecule has 17 heavy (non-hydrogen) atoms. The lowest BCUT2D eigenvalue weighted by atomic mass is 10.1. The van der Waals surface area contributed by atoms with Crippen LogP contribution in [0.5, 0.6) is 0 Å². The van der Waals surface area contributed by atoms with Gasteiger partial charge in [-0.1, -0.05) is 0 Å². The zero-order chi connectivity index (χ0) is 12.6. The normalized spacial score (nSPS) is 31.6. The fraction of sp³-hybridized carbons (Fsp3) is 0.900. The molecule has 2 aliphatic heterocycles. The van der Waals surface area contributed by atoms with Crippen LogP contribution in [0.15, 0.2) is 0 Å². The van der Waals surface area contributed by atoms with Gasteiger partial charge in [-0.15, -0.1) is 0 Å². The summed E-state index contributed by atoms with van der Waals surface area (Å²) < 4.78 is 23.2. The molecule has 0 unspecified atom stereocenters. The zero-order valence-corrected chi connectivity index (χ0v) is 11.0. The maximum Gasteiger partial charge on any atom is 0.237 e. The van der Waals surface area contributed by atoms with Gasteiger partial charge in [0.25, 0.3) is 0 Å². The Balaban J connectivity index is 2.10. The highest BCUT2D eigenvalue weighted by Gasteiger charge is 2.44. The van der Waals surface area contributed by atoms with Gasteiger partial charge in [0.1, 0.15) is 0 Å². The van der Waals surface area contributed by atoms with E-state index in [0.29, 0.717) is 19.6 Å². The third kappa shape index (κ3) is 2.78. The number of likely N-dealkylation sites (N-methyl/N-ethyl adjacent to an activating group) is 1. The molecular formula is C10H19N3O3S. The summed E-state index contributed by atoms with van der Waals surface area (Å²) in [6, 6.07) is -0.263.